The first-order valence-electron chi connectivity index (χ1n) is 4.90. The maximum atomic E-state index is 11.3. The first-order chi connectivity index (χ1) is 6.41. The molecule has 96 valence electrons. The highest BCUT2D eigenvalue weighted by Crippen LogP contribution is 2.47. The van der Waals surface area contributed by atoms with Gasteiger partial charge in [-0.25, -0.2) is 0 Å². The van der Waals surface area contributed by atoms with Crippen molar-refractivity contribution in [2.75, 3.05) is 40.5 Å². The summed E-state index contributed by atoms with van der Waals surface area (Å²) < 4.78 is 21.2. The molecule has 0 atom stereocenters. The van der Waals surface area contributed by atoms with Crippen LogP contribution in [0.3, 0.4) is 0 Å². The first-order valence-corrected chi connectivity index (χ1v) is 6.63. The van der Waals surface area contributed by atoms with Gasteiger partial charge in [0.25, 0.3) is 0 Å². The molecular weight excluding hydrogens is 281 g/mol. The van der Waals surface area contributed by atoms with E-state index in [-0.39, 0.29) is 17.0 Å². The van der Waals surface area contributed by atoms with Crippen molar-refractivity contribution in [2.45, 2.75) is 20.8 Å². The summed E-state index contributed by atoms with van der Waals surface area (Å²) in [6.45, 7) is 6.31. The van der Waals surface area contributed by atoms with Crippen molar-refractivity contribution in [3.63, 3.8) is 0 Å². The molecule has 0 N–H and O–H groups in total. The predicted molar refractivity (Wildman–Crippen MR) is 71.3 cm³/mol. The van der Waals surface area contributed by atoms with Crippen LogP contribution in [-0.2, 0) is 13.6 Å². The molecule has 0 bridgehead atoms. The Kier molecular flexibility index (Phi) is 17.7. The molecule has 0 aromatic heterocycles. The molecular formula is C9H25BrNO3P. The van der Waals surface area contributed by atoms with E-state index in [0.717, 1.165) is 0 Å². The lowest BCUT2D eigenvalue weighted by Crippen LogP contribution is -1.99. The summed E-state index contributed by atoms with van der Waals surface area (Å²) in [5.74, 6) is 0. The predicted octanol–water partition coefficient (Wildman–Crippen LogP) is 3.03. The van der Waals surface area contributed by atoms with E-state index in [1.54, 1.807) is 20.8 Å². The molecule has 0 heterocycles. The Morgan fingerprint density at radius 1 is 1.00 bits per heavy atom. The molecule has 6 heteroatoms. The van der Waals surface area contributed by atoms with Crippen LogP contribution in [0.4, 0.5) is 0 Å². The fourth-order valence-electron chi connectivity index (χ4n) is 0.613. The van der Waals surface area contributed by atoms with E-state index < -0.39 is 7.60 Å². The Bertz CT molecular complexity index is 155. The summed E-state index contributed by atoms with van der Waals surface area (Å²) in [5, 5.41) is 0. The lowest BCUT2D eigenvalue weighted by Gasteiger charge is -2.13. The quantitative estimate of drug-likeness (QED) is 0.732. The van der Waals surface area contributed by atoms with Crippen LogP contribution < -0.4 is 0 Å². The van der Waals surface area contributed by atoms with Gasteiger partial charge in [-0.05, 0) is 35.0 Å². The summed E-state index contributed by atoms with van der Waals surface area (Å²) in [7, 11) is 3.30. The average molecular weight is 306 g/mol. The standard InChI is InChI=1S/C6H15O3P.C3H9N.BrH/c1-4-8-10(7,6-3)9-5-2;1-4(2)3;/h4-6H2,1-3H3;1-3H3;1H. The number of rotatable bonds is 5. The molecule has 0 saturated carbocycles. The topological polar surface area (TPSA) is 38.8 Å². The van der Waals surface area contributed by atoms with Gasteiger partial charge < -0.3 is 13.9 Å². The number of hydrogen-bond acceptors (Lipinski definition) is 4. The van der Waals surface area contributed by atoms with E-state index in [1.807, 2.05) is 26.0 Å². The SMILES string of the molecule is Br.CCOP(=O)(CC)OCC.CN(C)C. The monoisotopic (exact) mass is 305 g/mol. The highest BCUT2D eigenvalue weighted by Gasteiger charge is 2.19. The largest absolute Gasteiger partial charge is 0.330 e. The Hall–Kier alpha value is 0.590. The summed E-state index contributed by atoms with van der Waals surface area (Å²) >= 11 is 0. The van der Waals surface area contributed by atoms with Crippen molar-refractivity contribution in [1.82, 2.24) is 4.90 Å². The van der Waals surface area contributed by atoms with Crippen LogP contribution in [0, 0.1) is 0 Å². The highest BCUT2D eigenvalue weighted by molar-refractivity contribution is 8.93. The van der Waals surface area contributed by atoms with Gasteiger partial charge in [0.15, 0.2) is 0 Å². The van der Waals surface area contributed by atoms with Gasteiger partial charge in [0, 0.05) is 6.16 Å². The fourth-order valence-corrected chi connectivity index (χ4v) is 1.84. The maximum Gasteiger partial charge on any atom is 0.330 e. The molecule has 0 aromatic rings. The summed E-state index contributed by atoms with van der Waals surface area (Å²) in [6, 6.07) is 0. The zero-order valence-corrected chi connectivity index (χ0v) is 13.3. The smallest absolute Gasteiger partial charge is 0.312 e. The number of hydrogen-bond donors (Lipinski definition) is 0. The maximum absolute atomic E-state index is 11.3. The van der Waals surface area contributed by atoms with Crippen LogP contribution in [0.5, 0.6) is 0 Å². The lowest BCUT2D eigenvalue weighted by molar-refractivity contribution is 0.221. The van der Waals surface area contributed by atoms with Crippen molar-refractivity contribution in [1.29, 1.82) is 0 Å². The van der Waals surface area contributed by atoms with E-state index in [4.69, 9.17) is 9.05 Å². The second kappa shape index (κ2) is 12.7. The van der Waals surface area contributed by atoms with Crippen LogP contribution >= 0.6 is 24.6 Å². The van der Waals surface area contributed by atoms with E-state index in [0.29, 0.717) is 19.4 Å². The average Bonchev–Trinajstić information content (AvgIpc) is 2.04. The van der Waals surface area contributed by atoms with Gasteiger partial charge in [0.2, 0.25) is 0 Å². The van der Waals surface area contributed by atoms with Crippen LogP contribution in [-0.4, -0.2) is 45.4 Å². The van der Waals surface area contributed by atoms with Gasteiger partial charge >= 0.3 is 7.60 Å². The second-order valence-corrected chi connectivity index (χ2v) is 5.47. The number of halogens is 1. The zero-order chi connectivity index (χ0) is 11.6. The molecule has 0 aromatic carbocycles. The molecule has 0 spiro atoms. The Balaban J connectivity index is -0.000000249. The van der Waals surface area contributed by atoms with Crippen molar-refractivity contribution >= 4 is 24.6 Å². The third kappa shape index (κ3) is 17.2. The molecule has 0 fully saturated rings. The van der Waals surface area contributed by atoms with Crippen LogP contribution in [0.2, 0.25) is 0 Å². The normalized spacial score (nSPS) is 10.3. The summed E-state index contributed by atoms with van der Waals surface area (Å²) in [6.07, 6.45) is 0.453. The molecule has 0 aliphatic rings. The van der Waals surface area contributed by atoms with Gasteiger partial charge in [-0.3, -0.25) is 4.57 Å². The van der Waals surface area contributed by atoms with Gasteiger partial charge in [-0.15, -0.1) is 17.0 Å². The van der Waals surface area contributed by atoms with Crippen LogP contribution in [0.25, 0.3) is 0 Å². The summed E-state index contributed by atoms with van der Waals surface area (Å²) in [4.78, 5) is 2.00. The van der Waals surface area contributed by atoms with Crippen molar-refractivity contribution < 1.29 is 13.6 Å². The van der Waals surface area contributed by atoms with E-state index in [1.165, 1.54) is 0 Å². The molecule has 0 radical (unpaired) electrons. The van der Waals surface area contributed by atoms with Gasteiger partial charge in [-0.2, -0.15) is 0 Å². The minimum atomic E-state index is -2.70. The van der Waals surface area contributed by atoms with Gasteiger partial charge in [-0.1, -0.05) is 6.92 Å². The summed E-state index contributed by atoms with van der Waals surface area (Å²) in [5.41, 5.74) is 0. The molecule has 0 rings (SSSR count). The van der Waals surface area contributed by atoms with Crippen molar-refractivity contribution in [2.24, 2.45) is 0 Å². The lowest BCUT2D eigenvalue weighted by atomic mass is 10.9. The molecule has 0 unspecified atom stereocenters. The minimum Gasteiger partial charge on any atom is -0.312 e. The molecule has 0 aliphatic heterocycles. The number of nitrogens with zero attached hydrogens (tertiary/aromatic N) is 1. The molecule has 4 nitrogen and oxygen atoms in total. The fraction of sp³-hybridized carbons (Fsp3) is 1.00. The van der Waals surface area contributed by atoms with Crippen LogP contribution in [0.15, 0.2) is 0 Å². The van der Waals surface area contributed by atoms with E-state index >= 15 is 0 Å². The van der Waals surface area contributed by atoms with Gasteiger partial charge in [0.1, 0.15) is 0 Å². The second-order valence-electron chi connectivity index (χ2n) is 3.10. The Morgan fingerprint density at radius 2 is 1.27 bits per heavy atom. The molecule has 0 saturated heterocycles. The van der Waals surface area contributed by atoms with E-state index in [2.05, 4.69) is 0 Å². The third-order valence-corrected chi connectivity index (χ3v) is 3.12. The minimum absolute atomic E-state index is 0. The van der Waals surface area contributed by atoms with Crippen molar-refractivity contribution in [3.8, 4) is 0 Å². The van der Waals surface area contributed by atoms with Crippen LogP contribution in [0.1, 0.15) is 20.8 Å². The first kappa shape index (κ1) is 20.9. The highest BCUT2D eigenvalue weighted by atomic mass is 79.9. The Labute approximate surface area is 105 Å². The van der Waals surface area contributed by atoms with E-state index in [9.17, 15) is 4.57 Å². The zero-order valence-electron chi connectivity index (χ0n) is 10.6. The molecule has 0 aliphatic carbocycles. The van der Waals surface area contributed by atoms with Gasteiger partial charge in [0.05, 0.1) is 13.2 Å². The molecule has 15 heavy (non-hydrogen) atoms. The third-order valence-electron chi connectivity index (χ3n) is 1.04. The van der Waals surface area contributed by atoms with Crippen molar-refractivity contribution in [3.05, 3.63) is 0 Å². The molecule has 0 amide bonds. The Morgan fingerprint density at radius 3 is 1.40 bits per heavy atom.